The van der Waals surface area contributed by atoms with Gasteiger partial charge in [-0.15, -0.1) is 0 Å². The number of amides is 1. The van der Waals surface area contributed by atoms with E-state index in [0.29, 0.717) is 18.9 Å². The van der Waals surface area contributed by atoms with E-state index in [1.165, 1.54) is 0 Å². The lowest BCUT2D eigenvalue weighted by molar-refractivity contribution is -0.143. The monoisotopic (exact) mass is 227 g/mol. The highest BCUT2D eigenvalue weighted by atomic mass is 16.4. The second kappa shape index (κ2) is 4.85. The van der Waals surface area contributed by atoms with Crippen molar-refractivity contribution in [2.24, 2.45) is 17.8 Å². The van der Waals surface area contributed by atoms with Gasteiger partial charge in [0.05, 0.1) is 5.92 Å². The van der Waals surface area contributed by atoms with Crippen LogP contribution in [-0.2, 0) is 9.59 Å². The van der Waals surface area contributed by atoms with Crippen LogP contribution in [0.2, 0.25) is 0 Å². The summed E-state index contributed by atoms with van der Waals surface area (Å²) in [5, 5.41) is 8.99. The molecule has 1 aliphatic rings. The number of carboxylic acid groups (broad SMARTS) is 1. The van der Waals surface area contributed by atoms with Crippen LogP contribution >= 0.6 is 0 Å². The van der Waals surface area contributed by atoms with Gasteiger partial charge in [0, 0.05) is 18.5 Å². The summed E-state index contributed by atoms with van der Waals surface area (Å²) in [7, 11) is 0. The molecule has 3 atom stereocenters. The average molecular weight is 227 g/mol. The van der Waals surface area contributed by atoms with Gasteiger partial charge in [-0.1, -0.05) is 20.8 Å². The summed E-state index contributed by atoms with van der Waals surface area (Å²) < 4.78 is 0. The molecule has 1 amide bonds. The Morgan fingerprint density at radius 3 is 2.25 bits per heavy atom. The van der Waals surface area contributed by atoms with E-state index in [-0.39, 0.29) is 17.9 Å². The van der Waals surface area contributed by atoms with Crippen molar-refractivity contribution in [2.45, 2.75) is 40.2 Å². The maximum atomic E-state index is 12.1. The van der Waals surface area contributed by atoms with Crippen molar-refractivity contribution in [2.75, 3.05) is 6.54 Å². The molecule has 0 aromatic rings. The molecule has 1 fully saturated rings. The Morgan fingerprint density at radius 2 is 1.88 bits per heavy atom. The van der Waals surface area contributed by atoms with Gasteiger partial charge < -0.3 is 10.0 Å². The van der Waals surface area contributed by atoms with Crippen LogP contribution in [0.3, 0.4) is 0 Å². The standard InChI is InChI=1S/C12H21NO3/c1-7(2)8(3)11(14)13-6-5-10(9(13)4)12(15)16/h7-10H,5-6H2,1-4H3,(H,15,16). The highest BCUT2D eigenvalue weighted by molar-refractivity contribution is 5.81. The Balaban J connectivity index is 2.70. The molecule has 4 nitrogen and oxygen atoms in total. The van der Waals surface area contributed by atoms with E-state index in [1.807, 2.05) is 27.7 Å². The van der Waals surface area contributed by atoms with E-state index in [0.717, 1.165) is 0 Å². The number of aliphatic carboxylic acids is 1. The smallest absolute Gasteiger partial charge is 0.308 e. The molecule has 4 heteroatoms. The van der Waals surface area contributed by atoms with Gasteiger partial charge in [0.1, 0.15) is 0 Å². The molecule has 0 aliphatic carbocycles. The lowest BCUT2D eigenvalue weighted by Gasteiger charge is -2.27. The van der Waals surface area contributed by atoms with Gasteiger partial charge in [-0.3, -0.25) is 9.59 Å². The maximum absolute atomic E-state index is 12.1. The Bertz CT molecular complexity index is 288. The van der Waals surface area contributed by atoms with Crippen molar-refractivity contribution >= 4 is 11.9 Å². The predicted octanol–water partition coefficient (Wildman–Crippen LogP) is 1.60. The summed E-state index contributed by atoms with van der Waals surface area (Å²) >= 11 is 0. The third-order valence-electron chi connectivity index (χ3n) is 3.74. The van der Waals surface area contributed by atoms with Gasteiger partial charge in [0.2, 0.25) is 5.91 Å². The number of carbonyl (C=O) groups excluding carboxylic acids is 1. The lowest BCUT2D eigenvalue weighted by Crippen LogP contribution is -2.41. The van der Waals surface area contributed by atoms with Gasteiger partial charge >= 0.3 is 5.97 Å². The summed E-state index contributed by atoms with van der Waals surface area (Å²) in [6.07, 6.45) is 0.576. The summed E-state index contributed by atoms with van der Waals surface area (Å²) in [6, 6.07) is -0.175. The number of carboxylic acids is 1. The number of rotatable bonds is 3. The third kappa shape index (κ3) is 2.36. The van der Waals surface area contributed by atoms with Gasteiger partial charge in [-0.2, -0.15) is 0 Å². The molecule has 16 heavy (non-hydrogen) atoms. The van der Waals surface area contributed by atoms with E-state index < -0.39 is 11.9 Å². The first kappa shape index (κ1) is 13.0. The van der Waals surface area contributed by atoms with Gasteiger partial charge in [0.15, 0.2) is 0 Å². The molecule has 0 aromatic heterocycles. The zero-order valence-corrected chi connectivity index (χ0v) is 10.4. The quantitative estimate of drug-likeness (QED) is 0.796. The zero-order chi connectivity index (χ0) is 12.5. The van der Waals surface area contributed by atoms with E-state index in [1.54, 1.807) is 4.90 Å². The van der Waals surface area contributed by atoms with Crippen LogP contribution in [-0.4, -0.2) is 34.5 Å². The van der Waals surface area contributed by atoms with Crippen LogP contribution in [0.15, 0.2) is 0 Å². The molecular formula is C12H21NO3. The van der Waals surface area contributed by atoms with E-state index in [9.17, 15) is 9.59 Å². The number of hydrogen-bond donors (Lipinski definition) is 1. The van der Waals surface area contributed by atoms with Crippen molar-refractivity contribution in [3.63, 3.8) is 0 Å². The molecule has 0 bridgehead atoms. The zero-order valence-electron chi connectivity index (χ0n) is 10.4. The summed E-state index contributed by atoms with van der Waals surface area (Å²) in [6.45, 7) is 8.34. The molecule has 0 saturated carbocycles. The molecule has 92 valence electrons. The molecule has 3 unspecified atom stereocenters. The normalized spacial score (nSPS) is 27.2. The van der Waals surface area contributed by atoms with Crippen LogP contribution in [0.5, 0.6) is 0 Å². The van der Waals surface area contributed by atoms with Gasteiger partial charge in [-0.25, -0.2) is 0 Å². The van der Waals surface area contributed by atoms with Crippen LogP contribution in [0, 0.1) is 17.8 Å². The average Bonchev–Trinajstić information content (AvgIpc) is 2.57. The number of nitrogens with zero attached hydrogens (tertiary/aromatic N) is 1. The molecule has 1 heterocycles. The summed E-state index contributed by atoms with van der Waals surface area (Å²) in [5.41, 5.74) is 0. The minimum atomic E-state index is -0.792. The Kier molecular flexibility index (Phi) is 3.94. The van der Waals surface area contributed by atoms with Crippen LogP contribution in [0.4, 0.5) is 0 Å². The maximum Gasteiger partial charge on any atom is 0.308 e. The molecule has 1 aliphatic heterocycles. The topological polar surface area (TPSA) is 57.6 Å². The molecule has 0 radical (unpaired) electrons. The Labute approximate surface area is 96.6 Å². The second-order valence-electron chi connectivity index (χ2n) is 5.04. The third-order valence-corrected chi connectivity index (χ3v) is 3.74. The highest BCUT2D eigenvalue weighted by Crippen LogP contribution is 2.27. The molecule has 0 spiro atoms. The molecule has 0 aromatic carbocycles. The second-order valence-corrected chi connectivity index (χ2v) is 5.04. The minimum Gasteiger partial charge on any atom is -0.481 e. The van der Waals surface area contributed by atoms with Gasteiger partial charge in [-0.05, 0) is 19.3 Å². The van der Waals surface area contributed by atoms with Crippen LogP contribution < -0.4 is 0 Å². The van der Waals surface area contributed by atoms with Crippen molar-refractivity contribution in [3.8, 4) is 0 Å². The first-order valence-electron chi connectivity index (χ1n) is 5.89. The minimum absolute atomic E-state index is 0.0324. The van der Waals surface area contributed by atoms with Crippen molar-refractivity contribution in [1.82, 2.24) is 4.90 Å². The van der Waals surface area contributed by atoms with Crippen LogP contribution in [0.25, 0.3) is 0 Å². The summed E-state index contributed by atoms with van der Waals surface area (Å²) in [5.74, 6) is -0.840. The van der Waals surface area contributed by atoms with Gasteiger partial charge in [0.25, 0.3) is 0 Å². The first-order chi connectivity index (χ1) is 7.36. The Hall–Kier alpha value is -1.06. The largest absolute Gasteiger partial charge is 0.481 e. The molecule has 1 rings (SSSR count). The van der Waals surface area contributed by atoms with Crippen molar-refractivity contribution in [1.29, 1.82) is 0 Å². The fourth-order valence-corrected chi connectivity index (χ4v) is 2.13. The Morgan fingerprint density at radius 1 is 1.31 bits per heavy atom. The molecule has 1 saturated heterocycles. The van der Waals surface area contributed by atoms with Crippen molar-refractivity contribution in [3.05, 3.63) is 0 Å². The van der Waals surface area contributed by atoms with E-state index in [2.05, 4.69) is 0 Å². The predicted molar refractivity (Wildman–Crippen MR) is 60.9 cm³/mol. The number of carbonyl (C=O) groups is 2. The highest BCUT2D eigenvalue weighted by Gasteiger charge is 2.39. The van der Waals surface area contributed by atoms with Crippen molar-refractivity contribution < 1.29 is 14.7 Å². The molecular weight excluding hydrogens is 206 g/mol. The fourth-order valence-electron chi connectivity index (χ4n) is 2.13. The fraction of sp³-hybridized carbons (Fsp3) is 0.833. The van der Waals surface area contributed by atoms with Crippen LogP contribution in [0.1, 0.15) is 34.1 Å². The summed E-state index contributed by atoms with van der Waals surface area (Å²) in [4.78, 5) is 24.8. The van der Waals surface area contributed by atoms with E-state index in [4.69, 9.17) is 5.11 Å². The number of hydrogen-bond acceptors (Lipinski definition) is 2. The SMILES string of the molecule is CC(C)C(C)C(=O)N1CCC(C(=O)O)C1C. The molecule has 1 N–H and O–H groups in total. The first-order valence-corrected chi connectivity index (χ1v) is 5.89. The van der Waals surface area contributed by atoms with E-state index >= 15 is 0 Å². The number of likely N-dealkylation sites (tertiary alicyclic amines) is 1. The lowest BCUT2D eigenvalue weighted by atomic mass is 9.96.